The molecule has 0 heterocycles. The van der Waals surface area contributed by atoms with Crippen molar-refractivity contribution in [2.24, 2.45) is 0 Å². The van der Waals surface area contributed by atoms with E-state index in [1.807, 2.05) is 6.92 Å². The Labute approximate surface area is 122 Å². The van der Waals surface area contributed by atoms with Crippen LogP contribution in [-0.2, 0) is 10.2 Å². The van der Waals surface area contributed by atoms with Crippen LogP contribution in [0.15, 0.2) is 24.3 Å². The zero-order valence-corrected chi connectivity index (χ0v) is 12.8. The Morgan fingerprint density at radius 1 is 1.35 bits per heavy atom. The van der Waals surface area contributed by atoms with Crippen LogP contribution >= 0.6 is 0 Å². The second-order valence-electron chi connectivity index (χ2n) is 6.22. The minimum absolute atomic E-state index is 0.129. The third-order valence-electron chi connectivity index (χ3n) is 4.24. The number of rotatable bonds is 5. The fourth-order valence-corrected chi connectivity index (χ4v) is 3.07. The lowest BCUT2D eigenvalue weighted by Crippen LogP contribution is -2.34. The fraction of sp³-hybridized carbons (Fsp3) is 0.588. The molecule has 0 saturated heterocycles. The summed E-state index contributed by atoms with van der Waals surface area (Å²) in [6, 6.07) is 9.08. The molecule has 0 fully saturated rings. The molecule has 1 unspecified atom stereocenters. The minimum atomic E-state index is 0.129. The Hall–Kier alpha value is -1.35. The maximum Gasteiger partial charge on any atom is 0.221 e. The molecule has 1 aliphatic carbocycles. The molecule has 3 nitrogen and oxygen atoms in total. The van der Waals surface area contributed by atoms with Crippen LogP contribution in [0.1, 0.15) is 57.2 Å². The summed E-state index contributed by atoms with van der Waals surface area (Å²) in [5.41, 5.74) is 3.11. The lowest BCUT2D eigenvalue weighted by atomic mass is 9.71. The van der Waals surface area contributed by atoms with Gasteiger partial charge < -0.3 is 10.6 Å². The maximum atomic E-state index is 11.5. The van der Waals surface area contributed by atoms with Crippen molar-refractivity contribution in [2.75, 3.05) is 13.1 Å². The topological polar surface area (TPSA) is 41.1 Å². The number of hydrogen-bond donors (Lipinski definition) is 2. The molecule has 20 heavy (non-hydrogen) atoms. The first-order valence-corrected chi connectivity index (χ1v) is 7.64. The van der Waals surface area contributed by atoms with E-state index in [-0.39, 0.29) is 11.3 Å². The van der Waals surface area contributed by atoms with Crippen molar-refractivity contribution in [2.45, 2.75) is 51.5 Å². The Bertz CT molecular complexity index is 468. The molecule has 3 heteroatoms. The fourth-order valence-electron chi connectivity index (χ4n) is 3.07. The van der Waals surface area contributed by atoms with Gasteiger partial charge in [-0.1, -0.05) is 38.1 Å². The van der Waals surface area contributed by atoms with Gasteiger partial charge in [-0.15, -0.1) is 0 Å². The van der Waals surface area contributed by atoms with Gasteiger partial charge in [-0.2, -0.15) is 0 Å². The molecule has 110 valence electrons. The van der Waals surface area contributed by atoms with E-state index in [2.05, 4.69) is 48.7 Å². The van der Waals surface area contributed by atoms with Crippen molar-refractivity contribution in [3.63, 3.8) is 0 Å². The van der Waals surface area contributed by atoms with Gasteiger partial charge in [0.1, 0.15) is 0 Å². The van der Waals surface area contributed by atoms with Crippen LogP contribution in [0.5, 0.6) is 0 Å². The third kappa shape index (κ3) is 3.40. The molecule has 2 rings (SSSR count). The van der Waals surface area contributed by atoms with Crippen LogP contribution < -0.4 is 10.6 Å². The van der Waals surface area contributed by atoms with Crippen LogP contribution in [0.3, 0.4) is 0 Å². The second-order valence-corrected chi connectivity index (χ2v) is 6.22. The Kier molecular flexibility index (Phi) is 4.81. The first-order chi connectivity index (χ1) is 9.54. The Morgan fingerprint density at radius 2 is 2.10 bits per heavy atom. The summed E-state index contributed by atoms with van der Waals surface area (Å²) < 4.78 is 0. The highest BCUT2D eigenvalue weighted by molar-refractivity contribution is 5.75. The van der Waals surface area contributed by atoms with E-state index in [0.717, 1.165) is 13.0 Å². The Morgan fingerprint density at radius 3 is 2.85 bits per heavy atom. The van der Waals surface area contributed by atoms with E-state index < -0.39 is 0 Å². The van der Waals surface area contributed by atoms with Gasteiger partial charge in [0.05, 0.1) is 0 Å². The highest BCUT2D eigenvalue weighted by Crippen LogP contribution is 2.41. The summed E-state index contributed by atoms with van der Waals surface area (Å²) in [4.78, 5) is 11.5. The number of nitrogens with one attached hydrogen (secondary N) is 2. The van der Waals surface area contributed by atoms with E-state index in [0.29, 0.717) is 19.0 Å². The smallest absolute Gasteiger partial charge is 0.221 e. The molecule has 1 atom stereocenters. The molecule has 0 aliphatic heterocycles. The molecule has 1 aromatic carbocycles. The number of hydrogen-bond acceptors (Lipinski definition) is 2. The number of fused-ring (bicyclic) bond motifs is 1. The molecule has 1 amide bonds. The van der Waals surface area contributed by atoms with Crippen LogP contribution in [0, 0.1) is 0 Å². The summed E-state index contributed by atoms with van der Waals surface area (Å²) in [5.74, 6) is 0.129. The predicted octanol–water partition coefficient (Wildman–Crippen LogP) is 2.91. The van der Waals surface area contributed by atoms with Crippen molar-refractivity contribution >= 4 is 5.91 Å². The van der Waals surface area contributed by atoms with Gasteiger partial charge in [0.15, 0.2) is 0 Å². The van der Waals surface area contributed by atoms with Crippen molar-refractivity contribution in [1.82, 2.24) is 10.6 Å². The standard InChI is InChI=1S/C17H26N2O/c1-4-18-16(20)10-12-19-15-9-11-17(2,3)14-8-6-5-7-13(14)15/h5-8,15,19H,4,9-12H2,1-3H3,(H,18,20). The van der Waals surface area contributed by atoms with E-state index in [9.17, 15) is 4.79 Å². The van der Waals surface area contributed by atoms with E-state index in [1.165, 1.54) is 17.5 Å². The summed E-state index contributed by atoms with van der Waals surface area (Å²) in [6.45, 7) is 8.03. The molecule has 0 bridgehead atoms. The van der Waals surface area contributed by atoms with Crippen molar-refractivity contribution < 1.29 is 4.79 Å². The first-order valence-electron chi connectivity index (χ1n) is 7.64. The summed E-state index contributed by atoms with van der Waals surface area (Å²) >= 11 is 0. The largest absolute Gasteiger partial charge is 0.356 e. The molecule has 0 spiro atoms. The summed E-state index contributed by atoms with van der Waals surface area (Å²) in [6.07, 6.45) is 2.87. The number of carbonyl (C=O) groups is 1. The van der Waals surface area contributed by atoms with Crippen LogP contribution in [0.2, 0.25) is 0 Å². The van der Waals surface area contributed by atoms with Crippen LogP contribution in [0.4, 0.5) is 0 Å². The van der Waals surface area contributed by atoms with E-state index in [1.54, 1.807) is 0 Å². The quantitative estimate of drug-likeness (QED) is 0.867. The van der Waals surface area contributed by atoms with Gasteiger partial charge in [-0.3, -0.25) is 4.79 Å². The summed E-state index contributed by atoms with van der Waals surface area (Å²) in [7, 11) is 0. The molecular weight excluding hydrogens is 248 g/mol. The molecule has 1 aliphatic rings. The zero-order chi connectivity index (χ0) is 14.6. The van der Waals surface area contributed by atoms with Gasteiger partial charge in [-0.25, -0.2) is 0 Å². The van der Waals surface area contributed by atoms with Crippen LogP contribution in [-0.4, -0.2) is 19.0 Å². The monoisotopic (exact) mass is 274 g/mol. The van der Waals surface area contributed by atoms with Gasteiger partial charge in [-0.05, 0) is 36.3 Å². The maximum absolute atomic E-state index is 11.5. The third-order valence-corrected chi connectivity index (χ3v) is 4.24. The lowest BCUT2D eigenvalue weighted by Gasteiger charge is -2.37. The average molecular weight is 274 g/mol. The van der Waals surface area contributed by atoms with E-state index in [4.69, 9.17) is 0 Å². The molecule has 1 aromatic rings. The number of amides is 1. The molecule has 0 aromatic heterocycles. The molecule has 0 radical (unpaired) electrons. The summed E-state index contributed by atoms with van der Waals surface area (Å²) in [5, 5.41) is 6.38. The predicted molar refractivity (Wildman–Crippen MR) is 82.7 cm³/mol. The average Bonchev–Trinajstić information content (AvgIpc) is 2.42. The van der Waals surface area contributed by atoms with Gasteiger partial charge in [0, 0.05) is 25.6 Å². The zero-order valence-electron chi connectivity index (χ0n) is 12.8. The highest BCUT2D eigenvalue weighted by atomic mass is 16.1. The SMILES string of the molecule is CCNC(=O)CCNC1CCC(C)(C)c2ccccc21. The normalized spacial score (nSPS) is 20.2. The first kappa shape index (κ1) is 15.0. The lowest BCUT2D eigenvalue weighted by molar-refractivity contribution is -0.120. The second kappa shape index (κ2) is 6.40. The highest BCUT2D eigenvalue weighted by Gasteiger charge is 2.31. The molecular formula is C17H26N2O. The van der Waals surface area contributed by atoms with Gasteiger partial charge >= 0.3 is 0 Å². The number of benzene rings is 1. The van der Waals surface area contributed by atoms with Crippen molar-refractivity contribution in [3.05, 3.63) is 35.4 Å². The van der Waals surface area contributed by atoms with E-state index >= 15 is 0 Å². The minimum Gasteiger partial charge on any atom is -0.356 e. The van der Waals surface area contributed by atoms with Crippen LogP contribution in [0.25, 0.3) is 0 Å². The number of carbonyl (C=O) groups excluding carboxylic acids is 1. The van der Waals surface area contributed by atoms with Gasteiger partial charge in [0.25, 0.3) is 0 Å². The van der Waals surface area contributed by atoms with Crippen molar-refractivity contribution in [3.8, 4) is 0 Å². The van der Waals surface area contributed by atoms with Gasteiger partial charge in [0.2, 0.25) is 5.91 Å². The molecule has 2 N–H and O–H groups in total. The molecule has 0 saturated carbocycles. The van der Waals surface area contributed by atoms with Crippen molar-refractivity contribution in [1.29, 1.82) is 0 Å². The Balaban J connectivity index is 1.99.